The summed E-state index contributed by atoms with van der Waals surface area (Å²) in [5.74, 6) is -3.60. The molecule has 0 spiro atoms. The predicted molar refractivity (Wildman–Crippen MR) is 163 cm³/mol. The number of unbranched alkanes of at least 4 members (excludes halogenated alkanes) is 2. The largest absolute Gasteiger partial charge is 0.480 e. The zero-order chi connectivity index (χ0) is 33.8. The number of hydrogen-bond donors (Lipinski definition) is 7. The summed E-state index contributed by atoms with van der Waals surface area (Å²) >= 11 is 0. The summed E-state index contributed by atoms with van der Waals surface area (Å²) in [5.41, 5.74) is 9.43. The average Bonchev–Trinajstić information content (AvgIpc) is 2.93. The van der Waals surface area contributed by atoms with Crippen molar-refractivity contribution >= 4 is 35.6 Å². The normalized spacial score (nSPS) is 17.2. The summed E-state index contributed by atoms with van der Waals surface area (Å²) in [6, 6.07) is -0.639. The van der Waals surface area contributed by atoms with E-state index in [9.17, 15) is 44.1 Å². The van der Waals surface area contributed by atoms with Crippen LogP contribution in [0, 0.1) is 5.92 Å². The van der Waals surface area contributed by atoms with Gasteiger partial charge in [0.15, 0.2) is 0 Å². The number of nitrogens with zero attached hydrogens (tertiary/aromatic N) is 4. The first-order valence-electron chi connectivity index (χ1n) is 15.5. The molecule has 1 atom stereocenters. The molecule has 0 saturated carbocycles. The lowest BCUT2D eigenvalue weighted by Gasteiger charge is -2.32. The summed E-state index contributed by atoms with van der Waals surface area (Å²) in [6.07, 6.45) is 2.68. The second-order valence-corrected chi connectivity index (χ2v) is 11.8. The molecule has 0 aromatic carbocycles. The van der Waals surface area contributed by atoms with Crippen molar-refractivity contribution in [2.75, 3.05) is 85.1 Å². The molecule has 17 nitrogen and oxygen atoms in total. The molecule has 0 radical (unpaired) electrons. The SMILES string of the molecule is CC(C)C[C@@H](N)C(=O)[NH2+]NC(=O)CCCCCNC(=O)CN1CCN(CC(=O)O)CCN(CC(=O)O)CCN(CC(=O)O)CC1. The monoisotopic (exact) mass is 645 g/mol. The number of hydrogen-bond acceptors (Lipinski definition) is 11. The summed E-state index contributed by atoms with van der Waals surface area (Å²) in [4.78, 5) is 77.7. The first kappa shape index (κ1) is 39.8. The van der Waals surface area contributed by atoms with Crippen LogP contribution in [0.2, 0.25) is 0 Å². The minimum atomic E-state index is -1.02. The first-order chi connectivity index (χ1) is 21.2. The van der Waals surface area contributed by atoms with E-state index in [1.165, 1.54) is 0 Å². The Morgan fingerprint density at radius 2 is 1.09 bits per heavy atom. The van der Waals surface area contributed by atoms with E-state index in [2.05, 4.69) is 10.7 Å². The van der Waals surface area contributed by atoms with Gasteiger partial charge in [0, 0.05) is 65.3 Å². The lowest BCUT2D eigenvalue weighted by molar-refractivity contribution is -0.615. The molecule has 1 heterocycles. The number of rotatable bonds is 17. The molecule has 0 bridgehead atoms. The van der Waals surface area contributed by atoms with Crippen LogP contribution >= 0.6 is 0 Å². The van der Waals surface area contributed by atoms with Gasteiger partial charge in [-0.2, -0.15) is 10.9 Å². The fourth-order valence-corrected chi connectivity index (χ4v) is 4.81. The number of nitrogens with two attached hydrogens (primary N) is 2. The standard InChI is InChI=1S/C28H52N8O9/c1-21(2)16-22(29)28(45)32-31-23(37)6-4-3-5-7-30-24(38)17-33-8-10-34(18-25(39)40)12-14-36(20-27(43)44)15-13-35(11-9-33)19-26(41)42/h21-22H,3-20,29H2,1-2H3,(H,30,38)(H,31,37)(H,32,45)(H,39,40)(H,41,42)(H,43,44)/p+1/t22-/m1/s1. The Kier molecular flexibility index (Phi) is 19.7. The molecule has 1 saturated heterocycles. The van der Waals surface area contributed by atoms with Crippen LogP contribution in [-0.4, -0.2) is 162 Å². The van der Waals surface area contributed by atoms with Gasteiger partial charge in [-0.1, -0.05) is 20.3 Å². The van der Waals surface area contributed by atoms with Gasteiger partial charge in [0.05, 0.1) is 26.2 Å². The van der Waals surface area contributed by atoms with Gasteiger partial charge in [-0.25, -0.2) is 4.79 Å². The van der Waals surface area contributed by atoms with E-state index in [1.54, 1.807) is 14.7 Å². The van der Waals surface area contributed by atoms with Crippen LogP contribution in [0.3, 0.4) is 0 Å². The molecule has 1 fully saturated rings. The summed E-state index contributed by atoms with van der Waals surface area (Å²) in [5, 5.41) is 30.8. The summed E-state index contributed by atoms with van der Waals surface area (Å²) < 4.78 is 0. The zero-order valence-corrected chi connectivity index (χ0v) is 26.6. The van der Waals surface area contributed by atoms with Gasteiger partial charge in [0.2, 0.25) is 5.91 Å². The van der Waals surface area contributed by atoms with Gasteiger partial charge in [-0.3, -0.25) is 43.6 Å². The average molecular weight is 646 g/mol. The highest BCUT2D eigenvalue weighted by atomic mass is 16.4. The third-order valence-corrected chi connectivity index (χ3v) is 7.24. The Morgan fingerprint density at radius 3 is 1.49 bits per heavy atom. The zero-order valence-electron chi connectivity index (χ0n) is 26.6. The maximum atomic E-state index is 12.7. The van der Waals surface area contributed by atoms with Crippen molar-refractivity contribution < 1.29 is 49.5 Å². The van der Waals surface area contributed by atoms with E-state index in [0.717, 1.165) is 5.43 Å². The van der Waals surface area contributed by atoms with E-state index < -0.39 is 23.9 Å². The van der Waals surface area contributed by atoms with Crippen molar-refractivity contribution in [3.05, 3.63) is 0 Å². The van der Waals surface area contributed by atoms with E-state index in [4.69, 9.17) is 5.73 Å². The molecule has 9 N–H and O–H groups in total. The highest BCUT2D eigenvalue weighted by Gasteiger charge is 2.22. The lowest BCUT2D eigenvalue weighted by Crippen LogP contribution is -2.99. The second kappa shape index (κ2) is 22.3. The first-order valence-corrected chi connectivity index (χ1v) is 15.5. The maximum Gasteiger partial charge on any atom is 0.351 e. The van der Waals surface area contributed by atoms with Gasteiger partial charge in [-0.15, -0.1) is 0 Å². The number of carbonyl (C=O) groups excluding carboxylic acids is 3. The summed E-state index contributed by atoms with van der Waals surface area (Å²) in [7, 11) is 0. The Labute approximate surface area is 264 Å². The van der Waals surface area contributed by atoms with Crippen LogP contribution in [0.1, 0.15) is 46.0 Å². The molecule has 258 valence electrons. The van der Waals surface area contributed by atoms with Gasteiger partial charge in [0.1, 0.15) is 6.04 Å². The van der Waals surface area contributed by atoms with Gasteiger partial charge in [-0.05, 0) is 25.2 Å². The van der Waals surface area contributed by atoms with Crippen molar-refractivity contribution in [3.8, 4) is 0 Å². The van der Waals surface area contributed by atoms with E-state index >= 15 is 0 Å². The highest BCUT2D eigenvalue weighted by Crippen LogP contribution is 2.03. The highest BCUT2D eigenvalue weighted by molar-refractivity contribution is 5.78. The number of carbonyl (C=O) groups is 6. The molecule has 0 aromatic rings. The molecule has 0 unspecified atom stereocenters. The smallest absolute Gasteiger partial charge is 0.351 e. The quantitative estimate of drug-likeness (QED) is 0.0354. The molecule has 0 aromatic heterocycles. The van der Waals surface area contributed by atoms with Crippen LogP contribution in [0.15, 0.2) is 0 Å². The van der Waals surface area contributed by atoms with Crippen molar-refractivity contribution in [1.82, 2.24) is 30.3 Å². The number of aliphatic carboxylic acids is 3. The summed E-state index contributed by atoms with van der Waals surface area (Å²) in [6.45, 7) is 6.23. The number of carboxylic acid groups (broad SMARTS) is 3. The fourth-order valence-electron chi connectivity index (χ4n) is 4.81. The Morgan fingerprint density at radius 1 is 0.667 bits per heavy atom. The van der Waals surface area contributed by atoms with Gasteiger partial charge >= 0.3 is 23.8 Å². The predicted octanol–water partition coefficient (Wildman–Crippen LogP) is -3.37. The number of carboxylic acids is 3. The molecular formula is C28H53N8O9+. The fraction of sp³-hybridized carbons (Fsp3) is 0.786. The molecule has 1 aliphatic heterocycles. The molecule has 1 aliphatic rings. The minimum Gasteiger partial charge on any atom is -0.480 e. The van der Waals surface area contributed by atoms with Crippen LogP contribution in [0.25, 0.3) is 0 Å². The number of quaternary nitrogens is 1. The van der Waals surface area contributed by atoms with Crippen molar-refractivity contribution in [1.29, 1.82) is 0 Å². The van der Waals surface area contributed by atoms with Crippen LogP contribution in [-0.2, 0) is 28.8 Å². The Hall–Kier alpha value is -3.22. The third kappa shape index (κ3) is 20.4. The Bertz CT molecular complexity index is 936. The van der Waals surface area contributed by atoms with Gasteiger partial charge in [0.25, 0.3) is 5.91 Å². The molecular weight excluding hydrogens is 592 g/mol. The molecule has 1 rings (SSSR count). The maximum absolute atomic E-state index is 12.7. The molecule has 3 amide bonds. The van der Waals surface area contributed by atoms with Crippen molar-refractivity contribution in [2.45, 2.75) is 52.0 Å². The minimum absolute atomic E-state index is 0.0399. The number of primary amides is 1. The van der Waals surface area contributed by atoms with Crippen molar-refractivity contribution in [3.63, 3.8) is 0 Å². The van der Waals surface area contributed by atoms with Gasteiger partial charge < -0.3 is 26.4 Å². The van der Waals surface area contributed by atoms with E-state index in [0.29, 0.717) is 84.6 Å². The van der Waals surface area contributed by atoms with Crippen molar-refractivity contribution in [2.24, 2.45) is 11.7 Å². The number of amides is 3. The molecule has 45 heavy (non-hydrogen) atoms. The van der Waals surface area contributed by atoms with Crippen LogP contribution < -0.4 is 21.9 Å². The topological polar surface area (TPSA) is 243 Å². The van der Waals surface area contributed by atoms with E-state index in [1.807, 2.05) is 18.7 Å². The Balaban J connectivity index is 2.56. The molecule has 17 heteroatoms. The third-order valence-electron chi connectivity index (χ3n) is 7.24. The molecule has 0 aliphatic carbocycles. The van der Waals surface area contributed by atoms with E-state index in [-0.39, 0.29) is 56.2 Å². The number of nitrogens with one attached hydrogen (secondary N) is 2. The van der Waals surface area contributed by atoms with Crippen LogP contribution in [0.5, 0.6) is 0 Å². The lowest BCUT2D eigenvalue weighted by atomic mass is 10.0. The second-order valence-electron chi connectivity index (χ2n) is 11.8. The van der Waals surface area contributed by atoms with Crippen LogP contribution in [0.4, 0.5) is 0 Å².